The summed E-state index contributed by atoms with van der Waals surface area (Å²) in [4.78, 5) is 8.64. The smallest absolute Gasteiger partial charge is 0.135 e. The van der Waals surface area contributed by atoms with Crippen molar-refractivity contribution in [1.29, 1.82) is 0 Å². The first-order valence-electron chi connectivity index (χ1n) is 7.72. The number of hydrogen-bond donors (Lipinski definition) is 2. The van der Waals surface area contributed by atoms with Crippen LogP contribution in [0.25, 0.3) is 0 Å². The Morgan fingerprint density at radius 3 is 2.57 bits per heavy atom. The Labute approximate surface area is 126 Å². The van der Waals surface area contributed by atoms with E-state index in [1.54, 1.807) is 6.33 Å². The Balaban J connectivity index is 1.69. The van der Waals surface area contributed by atoms with E-state index < -0.39 is 0 Å². The predicted molar refractivity (Wildman–Crippen MR) is 87.0 cm³/mol. The summed E-state index contributed by atoms with van der Waals surface area (Å²) in [5.41, 5.74) is 2.29. The van der Waals surface area contributed by atoms with Crippen molar-refractivity contribution in [3.8, 4) is 0 Å². The molecule has 0 unspecified atom stereocenters. The Morgan fingerprint density at radius 2 is 1.76 bits per heavy atom. The van der Waals surface area contributed by atoms with Crippen LogP contribution in [0.1, 0.15) is 37.7 Å². The highest BCUT2D eigenvalue weighted by atomic mass is 15.1. The summed E-state index contributed by atoms with van der Waals surface area (Å²) in [5.74, 6) is 1.74. The van der Waals surface area contributed by atoms with E-state index in [2.05, 4.69) is 39.7 Å². The number of aryl methyl sites for hydroxylation is 1. The summed E-state index contributed by atoms with van der Waals surface area (Å²) in [5, 5.41) is 6.89. The Morgan fingerprint density at radius 1 is 1.00 bits per heavy atom. The first-order chi connectivity index (χ1) is 10.3. The molecule has 0 amide bonds. The number of hydrogen-bond acceptors (Lipinski definition) is 4. The molecule has 0 atom stereocenters. The third-order valence-electron chi connectivity index (χ3n) is 4.03. The van der Waals surface area contributed by atoms with Crippen molar-refractivity contribution in [2.24, 2.45) is 0 Å². The molecule has 1 fully saturated rings. The molecule has 0 bridgehead atoms. The maximum Gasteiger partial charge on any atom is 0.135 e. The van der Waals surface area contributed by atoms with Gasteiger partial charge in [-0.3, -0.25) is 0 Å². The van der Waals surface area contributed by atoms with Crippen molar-refractivity contribution in [1.82, 2.24) is 9.97 Å². The molecule has 1 heterocycles. The maximum atomic E-state index is 4.34. The third-order valence-corrected chi connectivity index (χ3v) is 4.03. The zero-order chi connectivity index (χ0) is 14.5. The van der Waals surface area contributed by atoms with Crippen molar-refractivity contribution in [2.45, 2.75) is 45.1 Å². The number of nitrogens with zero attached hydrogens (tertiary/aromatic N) is 2. The number of aromatic nitrogens is 2. The molecule has 21 heavy (non-hydrogen) atoms. The number of benzene rings is 1. The lowest BCUT2D eigenvalue weighted by atomic mass is 9.95. The highest BCUT2D eigenvalue weighted by Gasteiger charge is 2.13. The van der Waals surface area contributed by atoms with Crippen molar-refractivity contribution < 1.29 is 0 Å². The molecule has 4 nitrogen and oxygen atoms in total. The fourth-order valence-electron chi connectivity index (χ4n) is 2.81. The summed E-state index contributed by atoms with van der Waals surface area (Å²) >= 11 is 0. The van der Waals surface area contributed by atoms with Crippen LogP contribution in [-0.2, 0) is 0 Å². The monoisotopic (exact) mass is 282 g/mol. The van der Waals surface area contributed by atoms with Crippen molar-refractivity contribution in [3.63, 3.8) is 0 Å². The van der Waals surface area contributed by atoms with Crippen LogP contribution < -0.4 is 10.6 Å². The van der Waals surface area contributed by atoms with Gasteiger partial charge in [0.2, 0.25) is 0 Å². The van der Waals surface area contributed by atoms with E-state index in [1.165, 1.54) is 37.7 Å². The molecule has 2 aromatic rings. The van der Waals surface area contributed by atoms with Crippen LogP contribution in [0.4, 0.5) is 17.3 Å². The van der Waals surface area contributed by atoms with E-state index in [-0.39, 0.29) is 0 Å². The molecular weight excluding hydrogens is 260 g/mol. The number of anilines is 3. The summed E-state index contributed by atoms with van der Waals surface area (Å²) in [7, 11) is 0. The van der Waals surface area contributed by atoms with Gasteiger partial charge < -0.3 is 10.6 Å². The molecule has 110 valence electrons. The van der Waals surface area contributed by atoms with Gasteiger partial charge in [0.15, 0.2) is 0 Å². The second kappa shape index (κ2) is 6.57. The molecule has 1 aliphatic carbocycles. The molecular formula is C17H22N4. The predicted octanol–water partition coefficient (Wildman–Crippen LogP) is 4.27. The standard InChI is InChI=1S/C17H22N4/c1-13-7-5-6-10-15(13)21-17-11-16(18-12-19-17)20-14-8-3-2-4-9-14/h5-7,10-12,14H,2-4,8-9H2,1H3,(H2,18,19,20,21). The van der Waals surface area contributed by atoms with Gasteiger partial charge in [-0.25, -0.2) is 9.97 Å². The van der Waals surface area contributed by atoms with Crippen LogP contribution in [0.5, 0.6) is 0 Å². The minimum Gasteiger partial charge on any atom is -0.367 e. The first kappa shape index (κ1) is 13.9. The topological polar surface area (TPSA) is 49.8 Å². The molecule has 1 aromatic carbocycles. The number of para-hydroxylation sites is 1. The number of rotatable bonds is 4. The Kier molecular flexibility index (Phi) is 4.34. The molecule has 1 saturated carbocycles. The summed E-state index contributed by atoms with van der Waals surface area (Å²) in [6, 6.07) is 10.8. The zero-order valence-corrected chi connectivity index (χ0v) is 12.5. The average molecular weight is 282 g/mol. The second-order valence-corrected chi connectivity index (χ2v) is 5.71. The van der Waals surface area contributed by atoms with E-state index in [4.69, 9.17) is 0 Å². The summed E-state index contributed by atoms with van der Waals surface area (Å²) in [6.45, 7) is 2.09. The average Bonchev–Trinajstić information content (AvgIpc) is 2.51. The van der Waals surface area contributed by atoms with Gasteiger partial charge in [0.1, 0.15) is 18.0 Å². The van der Waals surface area contributed by atoms with Gasteiger partial charge in [0.05, 0.1) is 0 Å². The van der Waals surface area contributed by atoms with E-state index in [9.17, 15) is 0 Å². The van der Waals surface area contributed by atoms with Crippen LogP contribution in [-0.4, -0.2) is 16.0 Å². The van der Waals surface area contributed by atoms with E-state index in [0.29, 0.717) is 6.04 Å². The van der Waals surface area contributed by atoms with Gasteiger partial charge >= 0.3 is 0 Å². The quantitative estimate of drug-likeness (QED) is 0.879. The van der Waals surface area contributed by atoms with Crippen LogP contribution in [0, 0.1) is 6.92 Å². The zero-order valence-electron chi connectivity index (χ0n) is 12.5. The maximum absolute atomic E-state index is 4.34. The third kappa shape index (κ3) is 3.72. The molecule has 0 radical (unpaired) electrons. The Hall–Kier alpha value is -2.10. The normalized spacial score (nSPS) is 15.7. The Bertz CT molecular complexity index is 591. The van der Waals surface area contributed by atoms with E-state index in [0.717, 1.165) is 17.3 Å². The van der Waals surface area contributed by atoms with Crippen molar-refractivity contribution in [2.75, 3.05) is 10.6 Å². The van der Waals surface area contributed by atoms with Gasteiger partial charge in [-0.15, -0.1) is 0 Å². The molecule has 3 rings (SSSR count). The first-order valence-corrected chi connectivity index (χ1v) is 7.72. The summed E-state index contributed by atoms with van der Waals surface area (Å²) < 4.78 is 0. The van der Waals surface area contributed by atoms with Gasteiger partial charge in [-0.2, -0.15) is 0 Å². The van der Waals surface area contributed by atoms with Crippen LogP contribution in [0.3, 0.4) is 0 Å². The van der Waals surface area contributed by atoms with Gasteiger partial charge in [0.25, 0.3) is 0 Å². The second-order valence-electron chi connectivity index (χ2n) is 5.71. The molecule has 4 heteroatoms. The lowest BCUT2D eigenvalue weighted by Gasteiger charge is -2.23. The molecule has 1 aromatic heterocycles. The van der Waals surface area contributed by atoms with Crippen LogP contribution in [0.2, 0.25) is 0 Å². The minimum atomic E-state index is 0.556. The highest BCUT2D eigenvalue weighted by Crippen LogP contribution is 2.23. The van der Waals surface area contributed by atoms with Gasteiger partial charge in [-0.05, 0) is 31.4 Å². The van der Waals surface area contributed by atoms with Gasteiger partial charge in [0, 0.05) is 17.8 Å². The van der Waals surface area contributed by atoms with E-state index in [1.807, 2.05) is 18.2 Å². The molecule has 2 N–H and O–H groups in total. The molecule has 0 aliphatic heterocycles. The molecule has 1 aliphatic rings. The SMILES string of the molecule is Cc1ccccc1Nc1cc(NC2CCCCC2)ncn1. The van der Waals surface area contributed by atoms with Crippen molar-refractivity contribution in [3.05, 3.63) is 42.2 Å². The van der Waals surface area contributed by atoms with Crippen LogP contribution in [0.15, 0.2) is 36.7 Å². The van der Waals surface area contributed by atoms with Crippen LogP contribution >= 0.6 is 0 Å². The lowest BCUT2D eigenvalue weighted by Crippen LogP contribution is -2.22. The molecule has 0 spiro atoms. The van der Waals surface area contributed by atoms with E-state index >= 15 is 0 Å². The minimum absolute atomic E-state index is 0.556. The lowest BCUT2D eigenvalue weighted by molar-refractivity contribution is 0.462. The van der Waals surface area contributed by atoms with Crippen molar-refractivity contribution >= 4 is 17.3 Å². The summed E-state index contributed by atoms with van der Waals surface area (Å²) in [6.07, 6.45) is 8.09. The molecule has 0 saturated heterocycles. The number of nitrogens with one attached hydrogen (secondary N) is 2. The highest BCUT2D eigenvalue weighted by molar-refractivity contribution is 5.62. The van der Waals surface area contributed by atoms with Gasteiger partial charge in [-0.1, -0.05) is 37.5 Å². The fourth-order valence-corrected chi connectivity index (χ4v) is 2.81. The fraction of sp³-hybridized carbons (Fsp3) is 0.412. The largest absolute Gasteiger partial charge is 0.367 e.